The van der Waals surface area contributed by atoms with Gasteiger partial charge in [0.05, 0.1) is 6.10 Å². The summed E-state index contributed by atoms with van der Waals surface area (Å²) in [5, 5.41) is 3.55. The van der Waals surface area contributed by atoms with Crippen LogP contribution in [0.5, 0.6) is 0 Å². The van der Waals surface area contributed by atoms with E-state index in [0.717, 1.165) is 25.6 Å². The molecule has 1 aliphatic carbocycles. The maximum absolute atomic E-state index is 5.63. The molecular formula is C12H24N2O. The molecule has 3 heteroatoms. The monoisotopic (exact) mass is 212 g/mol. The van der Waals surface area contributed by atoms with Crippen LogP contribution in [0.3, 0.4) is 0 Å². The molecule has 1 N–H and O–H groups in total. The molecule has 1 unspecified atom stereocenters. The third-order valence-corrected chi connectivity index (χ3v) is 3.27. The molecule has 15 heavy (non-hydrogen) atoms. The summed E-state index contributed by atoms with van der Waals surface area (Å²) in [5.74, 6) is 0.997. The molecule has 2 rings (SSSR count). The highest BCUT2D eigenvalue weighted by molar-refractivity contribution is 4.75. The summed E-state index contributed by atoms with van der Waals surface area (Å²) in [5.41, 5.74) is 0. The molecule has 0 radical (unpaired) electrons. The average molecular weight is 212 g/mol. The van der Waals surface area contributed by atoms with Crippen LogP contribution in [0.2, 0.25) is 0 Å². The van der Waals surface area contributed by atoms with Gasteiger partial charge in [-0.25, -0.2) is 0 Å². The summed E-state index contributed by atoms with van der Waals surface area (Å²) in [4.78, 5) is 2.53. The summed E-state index contributed by atoms with van der Waals surface area (Å²) < 4.78 is 5.63. The Bertz CT molecular complexity index is 182. The predicted molar refractivity (Wildman–Crippen MR) is 62.1 cm³/mol. The van der Waals surface area contributed by atoms with Crippen LogP contribution < -0.4 is 5.32 Å². The van der Waals surface area contributed by atoms with Crippen molar-refractivity contribution >= 4 is 0 Å². The number of nitrogens with one attached hydrogen (secondary N) is 1. The van der Waals surface area contributed by atoms with Gasteiger partial charge in [-0.05, 0) is 38.6 Å². The van der Waals surface area contributed by atoms with Crippen molar-refractivity contribution in [3.05, 3.63) is 0 Å². The molecule has 0 aromatic carbocycles. The van der Waals surface area contributed by atoms with E-state index in [-0.39, 0.29) is 0 Å². The lowest BCUT2D eigenvalue weighted by Crippen LogP contribution is -2.36. The minimum Gasteiger partial charge on any atom is -0.377 e. The lowest BCUT2D eigenvalue weighted by molar-refractivity contribution is 0.0679. The Hall–Kier alpha value is -0.120. The second-order valence-corrected chi connectivity index (χ2v) is 4.98. The van der Waals surface area contributed by atoms with Gasteiger partial charge in [0.25, 0.3) is 0 Å². The molecule has 88 valence electrons. The van der Waals surface area contributed by atoms with Crippen LogP contribution in [0.15, 0.2) is 0 Å². The number of ether oxygens (including phenoxy) is 1. The summed E-state index contributed by atoms with van der Waals surface area (Å²) in [6.07, 6.45) is 4.49. The van der Waals surface area contributed by atoms with E-state index in [1.807, 2.05) is 0 Å². The van der Waals surface area contributed by atoms with E-state index in [1.54, 1.807) is 0 Å². The molecule has 2 fully saturated rings. The zero-order valence-corrected chi connectivity index (χ0v) is 9.87. The number of hydrogen-bond donors (Lipinski definition) is 1. The highest BCUT2D eigenvalue weighted by Crippen LogP contribution is 2.27. The average Bonchev–Trinajstić information content (AvgIpc) is 3.01. The van der Waals surface area contributed by atoms with Crippen molar-refractivity contribution in [1.29, 1.82) is 0 Å². The molecule has 0 aromatic rings. The minimum atomic E-state index is 0.413. The van der Waals surface area contributed by atoms with E-state index in [4.69, 9.17) is 4.74 Å². The Labute approximate surface area is 93.2 Å². The molecule has 0 spiro atoms. The molecular weight excluding hydrogens is 188 g/mol. The largest absolute Gasteiger partial charge is 0.377 e. The zero-order valence-electron chi connectivity index (χ0n) is 9.87. The van der Waals surface area contributed by atoms with E-state index in [2.05, 4.69) is 17.1 Å². The van der Waals surface area contributed by atoms with Crippen molar-refractivity contribution in [2.45, 2.75) is 32.3 Å². The molecule has 1 saturated heterocycles. The Kier molecular flexibility index (Phi) is 4.42. The second kappa shape index (κ2) is 5.83. The number of rotatable bonds is 5. The van der Waals surface area contributed by atoms with Crippen LogP contribution in [-0.4, -0.2) is 50.3 Å². The van der Waals surface area contributed by atoms with Crippen molar-refractivity contribution in [1.82, 2.24) is 10.2 Å². The van der Waals surface area contributed by atoms with Crippen LogP contribution in [0.25, 0.3) is 0 Å². The normalized spacial score (nSPS) is 29.0. The van der Waals surface area contributed by atoms with Crippen molar-refractivity contribution < 1.29 is 4.74 Å². The molecule has 0 aromatic heterocycles. The Balaban J connectivity index is 1.55. The predicted octanol–water partition coefficient (Wildman–Crippen LogP) is 1.10. The van der Waals surface area contributed by atoms with E-state index >= 15 is 0 Å². The Morgan fingerprint density at radius 1 is 1.40 bits per heavy atom. The first-order valence-corrected chi connectivity index (χ1v) is 6.39. The fourth-order valence-corrected chi connectivity index (χ4v) is 2.15. The number of nitrogens with zero attached hydrogens (tertiary/aromatic N) is 1. The summed E-state index contributed by atoms with van der Waals surface area (Å²) in [6, 6.07) is 0. The highest BCUT2D eigenvalue weighted by atomic mass is 16.5. The first-order chi connectivity index (χ1) is 7.34. The highest BCUT2D eigenvalue weighted by Gasteiger charge is 2.20. The van der Waals surface area contributed by atoms with Gasteiger partial charge >= 0.3 is 0 Å². The van der Waals surface area contributed by atoms with E-state index in [1.165, 1.54) is 38.9 Å². The summed E-state index contributed by atoms with van der Waals surface area (Å²) >= 11 is 0. The first-order valence-electron chi connectivity index (χ1n) is 6.39. The van der Waals surface area contributed by atoms with Gasteiger partial charge in [0.15, 0.2) is 0 Å². The smallest absolute Gasteiger partial charge is 0.0673 e. The zero-order chi connectivity index (χ0) is 10.5. The van der Waals surface area contributed by atoms with Crippen molar-refractivity contribution in [2.75, 3.05) is 39.3 Å². The summed E-state index contributed by atoms with van der Waals surface area (Å²) in [7, 11) is 0. The van der Waals surface area contributed by atoms with Crippen LogP contribution >= 0.6 is 0 Å². The quantitative estimate of drug-likeness (QED) is 0.691. The van der Waals surface area contributed by atoms with Crippen LogP contribution in [0.4, 0.5) is 0 Å². The van der Waals surface area contributed by atoms with Gasteiger partial charge in [0, 0.05) is 32.8 Å². The fourth-order valence-electron chi connectivity index (χ4n) is 2.15. The summed E-state index contributed by atoms with van der Waals surface area (Å²) in [6.45, 7) is 8.98. The van der Waals surface area contributed by atoms with E-state index < -0.39 is 0 Å². The van der Waals surface area contributed by atoms with Gasteiger partial charge < -0.3 is 10.1 Å². The molecule has 0 bridgehead atoms. The lowest BCUT2D eigenvalue weighted by atomic mass is 10.3. The molecule has 0 amide bonds. The standard InChI is InChI=1S/C12H24N2O/c1-11-10-14(6-2-8-15-11)7-5-13-9-12-3-4-12/h11-13H,2-10H2,1H3. The molecule has 1 atom stereocenters. The van der Waals surface area contributed by atoms with Gasteiger partial charge in [-0.15, -0.1) is 0 Å². The third-order valence-electron chi connectivity index (χ3n) is 3.27. The maximum Gasteiger partial charge on any atom is 0.0673 e. The van der Waals surface area contributed by atoms with Gasteiger partial charge in [-0.1, -0.05) is 0 Å². The van der Waals surface area contributed by atoms with Crippen LogP contribution in [0, 0.1) is 5.92 Å². The number of hydrogen-bond acceptors (Lipinski definition) is 3. The maximum atomic E-state index is 5.63. The topological polar surface area (TPSA) is 24.5 Å². The van der Waals surface area contributed by atoms with Crippen LogP contribution in [0.1, 0.15) is 26.2 Å². The Morgan fingerprint density at radius 2 is 2.27 bits per heavy atom. The van der Waals surface area contributed by atoms with Crippen molar-refractivity contribution in [2.24, 2.45) is 5.92 Å². The van der Waals surface area contributed by atoms with Crippen molar-refractivity contribution in [3.63, 3.8) is 0 Å². The van der Waals surface area contributed by atoms with Gasteiger partial charge in [-0.2, -0.15) is 0 Å². The van der Waals surface area contributed by atoms with E-state index in [0.29, 0.717) is 6.10 Å². The van der Waals surface area contributed by atoms with Gasteiger partial charge in [0.1, 0.15) is 0 Å². The van der Waals surface area contributed by atoms with Crippen LogP contribution in [-0.2, 0) is 4.74 Å². The third kappa shape index (κ3) is 4.49. The lowest BCUT2D eigenvalue weighted by Gasteiger charge is -2.21. The second-order valence-electron chi connectivity index (χ2n) is 4.98. The molecule has 2 aliphatic rings. The van der Waals surface area contributed by atoms with Gasteiger partial charge in [-0.3, -0.25) is 4.90 Å². The molecule has 1 saturated carbocycles. The van der Waals surface area contributed by atoms with Gasteiger partial charge in [0.2, 0.25) is 0 Å². The molecule has 3 nitrogen and oxygen atoms in total. The van der Waals surface area contributed by atoms with Crippen molar-refractivity contribution in [3.8, 4) is 0 Å². The molecule has 1 aliphatic heterocycles. The fraction of sp³-hybridized carbons (Fsp3) is 1.00. The minimum absolute atomic E-state index is 0.413. The first kappa shape index (κ1) is 11.4. The SMILES string of the molecule is CC1CN(CCNCC2CC2)CCCO1. The Morgan fingerprint density at radius 3 is 3.07 bits per heavy atom. The molecule has 1 heterocycles. The van der Waals surface area contributed by atoms with E-state index in [9.17, 15) is 0 Å².